The van der Waals surface area contributed by atoms with E-state index in [1.54, 1.807) is 31.3 Å². The van der Waals surface area contributed by atoms with Gasteiger partial charge in [-0.25, -0.2) is 9.59 Å². The molecule has 7 nitrogen and oxygen atoms in total. The summed E-state index contributed by atoms with van der Waals surface area (Å²) in [6.45, 7) is 1.93. The van der Waals surface area contributed by atoms with E-state index in [9.17, 15) is 9.59 Å². The Morgan fingerprint density at radius 2 is 1.86 bits per heavy atom. The third-order valence-electron chi connectivity index (χ3n) is 3.46. The summed E-state index contributed by atoms with van der Waals surface area (Å²) in [6, 6.07) is 12.6. The molecule has 0 radical (unpaired) electrons. The minimum atomic E-state index is -0.611. The van der Waals surface area contributed by atoms with Gasteiger partial charge in [0.2, 0.25) is 0 Å². The van der Waals surface area contributed by atoms with Gasteiger partial charge in [0.05, 0.1) is 25.1 Å². The molecule has 0 bridgehead atoms. The van der Waals surface area contributed by atoms with Gasteiger partial charge in [-0.05, 0) is 47.1 Å². The van der Waals surface area contributed by atoms with E-state index in [-0.39, 0.29) is 17.9 Å². The Bertz CT molecular complexity index is 882. The normalized spacial score (nSPS) is 11.5. The molecule has 0 aliphatic carbocycles. The van der Waals surface area contributed by atoms with Crippen molar-refractivity contribution >= 4 is 39.1 Å². The van der Waals surface area contributed by atoms with Crippen LogP contribution in [-0.4, -0.2) is 30.6 Å². The molecule has 0 saturated heterocycles. The third-order valence-corrected chi connectivity index (χ3v) is 4.15. The first-order valence-electron chi connectivity index (χ1n) is 8.41. The van der Waals surface area contributed by atoms with Gasteiger partial charge >= 0.3 is 11.9 Å². The first kappa shape index (κ1) is 21.2. The Hall–Kier alpha value is -3.13. The fraction of sp³-hybridized carbons (Fsp3) is 0.150. The molecule has 0 spiro atoms. The average molecular weight is 446 g/mol. The van der Waals surface area contributed by atoms with Crippen LogP contribution >= 0.6 is 15.9 Å². The van der Waals surface area contributed by atoms with Gasteiger partial charge in [0.25, 0.3) is 0 Å². The van der Waals surface area contributed by atoms with Gasteiger partial charge in [0.15, 0.2) is 0 Å². The first-order valence-corrected chi connectivity index (χ1v) is 9.21. The SMILES string of the molecule is CCOC(=O)/C(=C/N/C(=C/Nc1ccccc1Br)C(=O)OC)c1ccccn1. The quantitative estimate of drug-likeness (QED) is 0.474. The molecule has 1 aromatic heterocycles. The number of para-hydroxylation sites is 1. The van der Waals surface area contributed by atoms with Crippen LogP contribution in [0.1, 0.15) is 12.6 Å². The van der Waals surface area contributed by atoms with E-state index >= 15 is 0 Å². The van der Waals surface area contributed by atoms with Crippen molar-refractivity contribution in [3.8, 4) is 0 Å². The first-order chi connectivity index (χ1) is 13.6. The van der Waals surface area contributed by atoms with Crippen LogP contribution < -0.4 is 10.6 Å². The van der Waals surface area contributed by atoms with Crippen LogP contribution in [0.15, 0.2) is 71.2 Å². The molecule has 8 heteroatoms. The number of aromatic nitrogens is 1. The highest BCUT2D eigenvalue weighted by molar-refractivity contribution is 9.10. The number of nitrogens with one attached hydrogen (secondary N) is 2. The zero-order valence-electron chi connectivity index (χ0n) is 15.4. The number of ether oxygens (including phenoxy) is 2. The highest BCUT2D eigenvalue weighted by Crippen LogP contribution is 2.21. The molecule has 0 amide bonds. The molecule has 0 saturated carbocycles. The highest BCUT2D eigenvalue weighted by Gasteiger charge is 2.16. The topological polar surface area (TPSA) is 89.6 Å². The summed E-state index contributed by atoms with van der Waals surface area (Å²) in [6.07, 6.45) is 4.38. The zero-order valence-corrected chi connectivity index (χ0v) is 17.0. The molecule has 146 valence electrons. The fourth-order valence-corrected chi connectivity index (χ4v) is 2.52. The number of hydrogen-bond donors (Lipinski definition) is 2. The second-order valence-corrected chi connectivity index (χ2v) is 6.17. The van der Waals surface area contributed by atoms with E-state index in [0.717, 1.165) is 10.2 Å². The van der Waals surface area contributed by atoms with Gasteiger partial charge in [-0.1, -0.05) is 18.2 Å². The lowest BCUT2D eigenvalue weighted by atomic mass is 10.2. The highest BCUT2D eigenvalue weighted by atomic mass is 79.9. The largest absolute Gasteiger partial charge is 0.464 e. The van der Waals surface area contributed by atoms with E-state index < -0.39 is 11.9 Å². The molecule has 2 rings (SSSR count). The van der Waals surface area contributed by atoms with Crippen LogP contribution in [0.2, 0.25) is 0 Å². The molecule has 28 heavy (non-hydrogen) atoms. The standard InChI is InChI=1S/C20H20BrN3O4/c1-3-28-19(25)14(16-9-6-7-11-22-16)12-23-18(20(26)27-2)13-24-17-10-5-4-8-15(17)21/h4-13,23-24H,3H2,1-2H3/b14-12+,18-13+. The number of methoxy groups -OCH3 is 1. The molecular formula is C20H20BrN3O4. The van der Waals surface area contributed by atoms with Crippen LogP contribution in [0.3, 0.4) is 0 Å². The van der Waals surface area contributed by atoms with Crippen molar-refractivity contribution in [3.05, 3.63) is 76.9 Å². The number of pyridine rings is 1. The zero-order chi connectivity index (χ0) is 20.4. The summed E-state index contributed by atoms with van der Waals surface area (Å²) < 4.78 is 10.7. The van der Waals surface area contributed by atoms with Crippen molar-refractivity contribution in [1.29, 1.82) is 0 Å². The lowest BCUT2D eigenvalue weighted by Crippen LogP contribution is -2.20. The van der Waals surface area contributed by atoms with Crippen LogP contribution in [0.25, 0.3) is 5.57 Å². The van der Waals surface area contributed by atoms with Crippen LogP contribution in [0, 0.1) is 0 Å². The predicted molar refractivity (Wildman–Crippen MR) is 110 cm³/mol. The second kappa shape index (κ2) is 10.9. The average Bonchev–Trinajstić information content (AvgIpc) is 2.72. The third kappa shape index (κ3) is 5.95. The Balaban J connectivity index is 2.30. The van der Waals surface area contributed by atoms with Crippen molar-refractivity contribution < 1.29 is 19.1 Å². The van der Waals surface area contributed by atoms with Gasteiger partial charge in [-0.15, -0.1) is 0 Å². The minimum absolute atomic E-state index is 0.0935. The summed E-state index contributed by atoms with van der Waals surface area (Å²) in [5.74, 6) is -1.17. The molecule has 2 N–H and O–H groups in total. The summed E-state index contributed by atoms with van der Waals surface area (Å²) in [5, 5.41) is 5.82. The van der Waals surface area contributed by atoms with E-state index in [1.165, 1.54) is 19.5 Å². The number of benzene rings is 1. The summed E-state index contributed by atoms with van der Waals surface area (Å²) >= 11 is 3.42. The van der Waals surface area contributed by atoms with Gasteiger partial charge in [0.1, 0.15) is 11.3 Å². The summed E-state index contributed by atoms with van der Waals surface area (Å²) in [4.78, 5) is 28.6. The molecule has 0 unspecified atom stereocenters. The molecule has 0 aliphatic rings. The Kier molecular flexibility index (Phi) is 8.23. The number of anilines is 1. The van der Waals surface area contributed by atoms with Crippen LogP contribution in [0.5, 0.6) is 0 Å². The van der Waals surface area contributed by atoms with Gasteiger partial charge in [-0.3, -0.25) is 4.98 Å². The van der Waals surface area contributed by atoms with E-state index in [2.05, 4.69) is 31.5 Å². The molecule has 0 fully saturated rings. The lowest BCUT2D eigenvalue weighted by molar-refractivity contribution is -0.137. The van der Waals surface area contributed by atoms with Crippen LogP contribution in [-0.2, 0) is 19.1 Å². The van der Waals surface area contributed by atoms with Crippen molar-refractivity contribution in [1.82, 2.24) is 10.3 Å². The van der Waals surface area contributed by atoms with E-state index in [4.69, 9.17) is 9.47 Å². The van der Waals surface area contributed by atoms with Crippen molar-refractivity contribution in [2.45, 2.75) is 6.92 Å². The number of carbonyl (C=O) groups is 2. The monoisotopic (exact) mass is 445 g/mol. The molecule has 1 aromatic carbocycles. The number of halogens is 1. The second-order valence-electron chi connectivity index (χ2n) is 5.31. The molecule has 0 atom stereocenters. The molecule has 1 heterocycles. The molecule has 2 aromatic rings. The number of nitrogens with zero attached hydrogens (tertiary/aromatic N) is 1. The maximum absolute atomic E-state index is 12.3. The smallest absolute Gasteiger partial charge is 0.355 e. The van der Waals surface area contributed by atoms with Gasteiger partial charge < -0.3 is 20.1 Å². The Morgan fingerprint density at radius 3 is 2.50 bits per heavy atom. The lowest BCUT2D eigenvalue weighted by Gasteiger charge is -2.10. The Morgan fingerprint density at radius 1 is 1.11 bits per heavy atom. The maximum Gasteiger partial charge on any atom is 0.355 e. The number of carbonyl (C=O) groups excluding carboxylic acids is 2. The van der Waals surface area contributed by atoms with E-state index in [1.807, 2.05) is 24.3 Å². The van der Waals surface area contributed by atoms with Crippen molar-refractivity contribution in [3.63, 3.8) is 0 Å². The maximum atomic E-state index is 12.3. The fourth-order valence-electron chi connectivity index (χ4n) is 2.12. The summed E-state index contributed by atoms with van der Waals surface area (Å²) in [5.41, 5.74) is 1.44. The van der Waals surface area contributed by atoms with Crippen LogP contribution in [0.4, 0.5) is 5.69 Å². The van der Waals surface area contributed by atoms with Crippen molar-refractivity contribution in [2.75, 3.05) is 19.0 Å². The number of rotatable bonds is 8. The number of esters is 2. The molecule has 0 aliphatic heterocycles. The molecular weight excluding hydrogens is 426 g/mol. The summed E-state index contributed by atoms with van der Waals surface area (Å²) in [7, 11) is 1.27. The minimum Gasteiger partial charge on any atom is -0.464 e. The number of hydrogen-bond acceptors (Lipinski definition) is 7. The van der Waals surface area contributed by atoms with Gasteiger partial charge in [0, 0.05) is 23.1 Å². The van der Waals surface area contributed by atoms with Crippen molar-refractivity contribution in [2.24, 2.45) is 0 Å². The predicted octanol–water partition coefficient (Wildman–Crippen LogP) is 3.46. The van der Waals surface area contributed by atoms with E-state index in [0.29, 0.717) is 5.69 Å². The Labute approximate surface area is 171 Å². The van der Waals surface area contributed by atoms with Gasteiger partial charge in [-0.2, -0.15) is 0 Å².